The minimum Gasteiger partial charge on any atom is -0.493 e. The lowest BCUT2D eigenvalue weighted by Crippen LogP contribution is -2.33. The molecule has 9 heteroatoms. The highest BCUT2D eigenvalue weighted by molar-refractivity contribution is 5.87. The average Bonchev–Trinajstić information content (AvgIpc) is 3.63. The normalized spacial score (nSPS) is 21.1. The van der Waals surface area contributed by atoms with E-state index in [2.05, 4.69) is 34.3 Å². The average molecular weight is 467 g/mol. The molecule has 0 spiro atoms. The van der Waals surface area contributed by atoms with E-state index in [4.69, 9.17) is 14.2 Å². The van der Waals surface area contributed by atoms with Gasteiger partial charge in [-0.25, -0.2) is 4.79 Å². The summed E-state index contributed by atoms with van der Waals surface area (Å²) in [4.78, 5) is 11.2. The first kappa shape index (κ1) is 23.6. The lowest BCUT2D eigenvalue weighted by molar-refractivity contribution is -0.189. The van der Waals surface area contributed by atoms with Gasteiger partial charge in [-0.2, -0.15) is 13.2 Å². The topological polar surface area (TPSA) is 66.0 Å². The maximum atomic E-state index is 12.0. The first-order valence-corrected chi connectivity index (χ1v) is 11.2. The zero-order chi connectivity index (χ0) is 23.3. The van der Waals surface area contributed by atoms with Crippen molar-refractivity contribution in [3.63, 3.8) is 0 Å². The van der Waals surface area contributed by atoms with Crippen LogP contribution in [0.1, 0.15) is 37.2 Å². The third-order valence-electron chi connectivity index (χ3n) is 5.73. The van der Waals surface area contributed by atoms with Gasteiger partial charge in [0, 0.05) is 18.9 Å². The van der Waals surface area contributed by atoms with Gasteiger partial charge in [-0.1, -0.05) is 24.3 Å². The summed E-state index contributed by atoms with van der Waals surface area (Å²) in [6.07, 6.45) is -2.51. The minimum absolute atomic E-state index is 0.0960. The van der Waals surface area contributed by atoms with Crippen LogP contribution in [0.3, 0.4) is 0 Å². The van der Waals surface area contributed by atoms with Gasteiger partial charge in [-0.15, -0.1) is 0 Å². The van der Waals surface area contributed by atoms with Gasteiger partial charge in [0.1, 0.15) is 5.75 Å². The number of hydrogen-bond donors (Lipinski definition) is 1. The SMILES string of the molecule is O=C(NCCC[C@H]1OC[C@H](c2cccc3cc(OCC4CC4)ccc32)CO1)OCC(F)(F)F. The van der Waals surface area contributed by atoms with Crippen LogP contribution in [0, 0.1) is 5.92 Å². The highest BCUT2D eigenvalue weighted by Crippen LogP contribution is 2.33. The van der Waals surface area contributed by atoms with Crippen LogP contribution >= 0.6 is 0 Å². The molecule has 1 aliphatic heterocycles. The second-order valence-corrected chi connectivity index (χ2v) is 8.54. The van der Waals surface area contributed by atoms with Crippen molar-refractivity contribution in [3.05, 3.63) is 42.0 Å². The lowest BCUT2D eigenvalue weighted by atomic mass is 9.94. The van der Waals surface area contributed by atoms with Crippen molar-refractivity contribution in [2.24, 2.45) is 5.92 Å². The molecule has 2 fully saturated rings. The Kier molecular flexibility index (Phi) is 7.60. The molecule has 0 unspecified atom stereocenters. The van der Waals surface area contributed by atoms with E-state index in [1.165, 1.54) is 12.8 Å². The molecule has 1 heterocycles. The van der Waals surface area contributed by atoms with Crippen LogP contribution in [-0.4, -0.2) is 51.5 Å². The summed E-state index contributed by atoms with van der Waals surface area (Å²) in [5.41, 5.74) is 1.16. The smallest absolute Gasteiger partial charge is 0.422 e. The third-order valence-corrected chi connectivity index (χ3v) is 5.73. The molecule has 4 rings (SSSR count). The number of carbonyl (C=O) groups is 1. The van der Waals surface area contributed by atoms with E-state index < -0.39 is 25.2 Å². The number of nitrogens with one attached hydrogen (secondary N) is 1. The van der Waals surface area contributed by atoms with Crippen molar-refractivity contribution in [1.29, 1.82) is 0 Å². The maximum Gasteiger partial charge on any atom is 0.422 e. The van der Waals surface area contributed by atoms with Gasteiger partial charge in [0.15, 0.2) is 12.9 Å². The molecule has 33 heavy (non-hydrogen) atoms. The van der Waals surface area contributed by atoms with E-state index in [0.717, 1.165) is 28.7 Å². The fourth-order valence-corrected chi connectivity index (χ4v) is 3.78. The Labute approximate surface area is 190 Å². The molecule has 2 aliphatic rings. The Hall–Kier alpha value is -2.52. The molecular formula is C24H28F3NO5. The number of halogens is 3. The molecule has 1 saturated heterocycles. The van der Waals surface area contributed by atoms with Gasteiger partial charge in [0.25, 0.3) is 0 Å². The molecule has 0 radical (unpaired) electrons. The Morgan fingerprint density at radius 1 is 1.12 bits per heavy atom. The quantitative estimate of drug-likeness (QED) is 0.517. The first-order chi connectivity index (χ1) is 15.9. The third kappa shape index (κ3) is 7.23. The van der Waals surface area contributed by atoms with Crippen LogP contribution in [0.2, 0.25) is 0 Å². The monoisotopic (exact) mass is 467 g/mol. The van der Waals surface area contributed by atoms with E-state index in [-0.39, 0.29) is 12.5 Å². The number of amides is 1. The number of alkyl carbamates (subject to hydrolysis) is 1. The molecule has 1 amide bonds. The lowest BCUT2D eigenvalue weighted by Gasteiger charge is -2.30. The molecule has 1 aliphatic carbocycles. The van der Waals surface area contributed by atoms with Crippen molar-refractivity contribution in [2.45, 2.75) is 44.1 Å². The Bertz CT molecular complexity index is 939. The zero-order valence-corrected chi connectivity index (χ0v) is 18.2. The van der Waals surface area contributed by atoms with E-state index in [0.29, 0.717) is 32.0 Å². The number of alkyl halides is 3. The fourth-order valence-electron chi connectivity index (χ4n) is 3.78. The molecular weight excluding hydrogens is 439 g/mol. The fraction of sp³-hybridized carbons (Fsp3) is 0.542. The van der Waals surface area contributed by atoms with Crippen molar-refractivity contribution < 1.29 is 36.9 Å². The van der Waals surface area contributed by atoms with E-state index >= 15 is 0 Å². The standard InChI is InChI=1S/C24H28F3NO5/c25-24(26,27)15-33-23(29)28-10-2-5-22-31-13-18(14-32-22)20-4-1-3-17-11-19(8-9-21(17)20)30-12-16-6-7-16/h1,3-4,8-9,11,16,18,22H,2,5-7,10,12-15H2,(H,28,29)/t18-,22-. The van der Waals surface area contributed by atoms with Gasteiger partial charge < -0.3 is 24.3 Å². The summed E-state index contributed by atoms with van der Waals surface area (Å²) in [7, 11) is 0. The molecule has 2 aromatic carbocycles. The van der Waals surface area contributed by atoms with Crippen molar-refractivity contribution in [2.75, 3.05) is 33.0 Å². The number of ether oxygens (including phenoxy) is 4. The Morgan fingerprint density at radius 2 is 1.91 bits per heavy atom. The second kappa shape index (κ2) is 10.6. The highest BCUT2D eigenvalue weighted by atomic mass is 19.4. The first-order valence-electron chi connectivity index (χ1n) is 11.2. The number of carbonyl (C=O) groups excluding carboxylic acids is 1. The molecule has 0 bridgehead atoms. The molecule has 180 valence electrons. The van der Waals surface area contributed by atoms with Gasteiger partial charge in [-0.05, 0) is 53.6 Å². The summed E-state index contributed by atoms with van der Waals surface area (Å²) >= 11 is 0. The largest absolute Gasteiger partial charge is 0.493 e. The maximum absolute atomic E-state index is 12.0. The van der Waals surface area contributed by atoms with Crippen molar-refractivity contribution in [3.8, 4) is 5.75 Å². The van der Waals surface area contributed by atoms with Gasteiger partial charge in [0.05, 0.1) is 19.8 Å². The molecule has 0 aromatic heterocycles. The van der Waals surface area contributed by atoms with Crippen LogP contribution in [0.25, 0.3) is 10.8 Å². The molecule has 2 aromatic rings. The van der Waals surface area contributed by atoms with Crippen LogP contribution < -0.4 is 10.1 Å². The minimum atomic E-state index is -4.53. The number of rotatable bonds is 9. The van der Waals surface area contributed by atoms with E-state index in [9.17, 15) is 18.0 Å². The number of hydrogen-bond acceptors (Lipinski definition) is 5. The summed E-state index contributed by atoms with van der Waals surface area (Å²) in [6.45, 7) is 0.368. The molecule has 1 N–H and O–H groups in total. The zero-order valence-electron chi connectivity index (χ0n) is 18.2. The van der Waals surface area contributed by atoms with E-state index in [1.807, 2.05) is 12.1 Å². The molecule has 0 atom stereocenters. The summed E-state index contributed by atoms with van der Waals surface area (Å²) in [6, 6.07) is 12.3. The van der Waals surface area contributed by atoms with E-state index in [1.54, 1.807) is 0 Å². The van der Waals surface area contributed by atoms with Crippen LogP contribution in [0.15, 0.2) is 36.4 Å². The van der Waals surface area contributed by atoms with Crippen LogP contribution in [0.4, 0.5) is 18.0 Å². The number of benzene rings is 2. The summed E-state index contributed by atoms with van der Waals surface area (Å²) < 4.78 is 57.7. The predicted octanol–water partition coefficient (Wildman–Crippen LogP) is 5.15. The summed E-state index contributed by atoms with van der Waals surface area (Å²) in [5, 5.41) is 4.55. The van der Waals surface area contributed by atoms with Crippen molar-refractivity contribution in [1.82, 2.24) is 5.32 Å². The van der Waals surface area contributed by atoms with Gasteiger partial charge in [-0.3, -0.25) is 0 Å². The molecule has 6 nitrogen and oxygen atoms in total. The Balaban J connectivity index is 1.21. The van der Waals surface area contributed by atoms with Crippen molar-refractivity contribution >= 4 is 16.9 Å². The van der Waals surface area contributed by atoms with Gasteiger partial charge >= 0.3 is 12.3 Å². The number of fused-ring (bicyclic) bond motifs is 1. The summed E-state index contributed by atoms with van der Waals surface area (Å²) in [5.74, 6) is 1.69. The molecule has 1 saturated carbocycles. The van der Waals surface area contributed by atoms with Crippen LogP contribution in [0.5, 0.6) is 5.75 Å². The Morgan fingerprint density at radius 3 is 2.64 bits per heavy atom. The predicted molar refractivity (Wildman–Crippen MR) is 115 cm³/mol. The highest BCUT2D eigenvalue weighted by Gasteiger charge is 2.29. The second-order valence-electron chi connectivity index (χ2n) is 8.54. The van der Waals surface area contributed by atoms with Gasteiger partial charge in [0.2, 0.25) is 0 Å². The van der Waals surface area contributed by atoms with Crippen LogP contribution in [-0.2, 0) is 14.2 Å².